The van der Waals surface area contributed by atoms with Crippen molar-refractivity contribution in [2.45, 2.75) is 38.4 Å². The Bertz CT molecular complexity index is 1370. The molecule has 2 N–H and O–H groups in total. The summed E-state index contributed by atoms with van der Waals surface area (Å²) < 4.78 is 42.1. The third-order valence-corrected chi connectivity index (χ3v) is 5.24. The normalized spacial score (nSPS) is 13.7. The van der Waals surface area contributed by atoms with Crippen LogP contribution in [0, 0.1) is 0 Å². The minimum absolute atomic E-state index is 0.0792. The molecule has 0 aliphatic carbocycles. The van der Waals surface area contributed by atoms with Crippen molar-refractivity contribution in [3.05, 3.63) is 75.9 Å². The molecule has 3 heterocycles. The smallest absolute Gasteiger partial charge is 0.385 e. The first-order valence-electron chi connectivity index (χ1n) is 10.3. The lowest BCUT2D eigenvalue weighted by Crippen LogP contribution is -2.37. The number of aliphatic hydroxyl groups excluding tert-OH is 2. The van der Waals surface area contributed by atoms with Crippen LogP contribution in [0.1, 0.15) is 24.7 Å². The molecule has 4 rings (SSSR count). The van der Waals surface area contributed by atoms with E-state index in [4.69, 9.17) is 11.6 Å². The first-order valence-corrected chi connectivity index (χ1v) is 10.6. The maximum absolute atomic E-state index is 13.0. The van der Waals surface area contributed by atoms with Crippen LogP contribution in [0.5, 0.6) is 0 Å². The van der Waals surface area contributed by atoms with Gasteiger partial charge in [0.2, 0.25) is 0 Å². The van der Waals surface area contributed by atoms with Gasteiger partial charge >= 0.3 is 11.9 Å². The van der Waals surface area contributed by atoms with Gasteiger partial charge in [-0.1, -0.05) is 11.6 Å². The SMILES string of the molecule is CC(O)c1nc(Cn2nc(-c3ccc(Cl)cc3)n(CC(O)C(F)(F)F)c2=O)nn1-c1cccnc1. The van der Waals surface area contributed by atoms with E-state index in [1.54, 1.807) is 18.3 Å². The zero-order valence-electron chi connectivity index (χ0n) is 18.1. The largest absolute Gasteiger partial charge is 0.416 e. The number of rotatable bonds is 7. The summed E-state index contributed by atoms with van der Waals surface area (Å²) in [6.07, 6.45) is -5.67. The van der Waals surface area contributed by atoms with Gasteiger partial charge in [0.15, 0.2) is 23.6 Å². The Morgan fingerprint density at radius 3 is 2.43 bits per heavy atom. The summed E-state index contributed by atoms with van der Waals surface area (Å²) in [6.45, 7) is 0.122. The second kappa shape index (κ2) is 9.60. The van der Waals surface area contributed by atoms with Gasteiger partial charge in [0.1, 0.15) is 12.6 Å². The third-order valence-electron chi connectivity index (χ3n) is 4.99. The van der Waals surface area contributed by atoms with Crippen molar-refractivity contribution in [2.24, 2.45) is 0 Å². The van der Waals surface area contributed by atoms with Crippen molar-refractivity contribution in [1.82, 2.24) is 34.1 Å². The van der Waals surface area contributed by atoms with Crippen LogP contribution in [0.4, 0.5) is 13.2 Å². The molecule has 0 saturated carbocycles. The zero-order chi connectivity index (χ0) is 25.3. The minimum atomic E-state index is -4.94. The highest BCUT2D eigenvalue weighted by atomic mass is 35.5. The van der Waals surface area contributed by atoms with Crippen LogP contribution in [-0.4, -0.2) is 56.6 Å². The summed E-state index contributed by atoms with van der Waals surface area (Å²) >= 11 is 5.89. The van der Waals surface area contributed by atoms with Gasteiger partial charge in [-0.3, -0.25) is 9.55 Å². The Morgan fingerprint density at radius 2 is 1.83 bits per heavy atom. The third kappa shape index (κ3) is 5.26. The monoisotopic (exact) mass is 509 g/mol. The van der Waals surface area contributed by atoms with Crippen LogP contribution in [0.3, 0.4) is 0 Å². The maximum Gasteiger partial charge on any atom is 0.416 e. The van der Waals surface area contributed by atoms with E-state index >= 15 is 0 Å². The van der Waals surface area contributed by atoms with Crippen molar-refractivity contribution in [3.8, 4) is 17.1 Å². The molecular weight excluding hydrogens is 491 g/mol. The molecule has 35 heavy (non-hydrogen) atoms. The standard InChI is InChI=1S/C21H19ClF3N7O3/c1-12(33)18-27-17(28-32(18)15-3-2-8-26-9-15)11-31-20(35)30(10-16(34)21(23,24)25)19(29-31)13-4-6-14(22)7-5-13/h2-9,12,16,33-34H,10-11H2,1H3. The van der Waals surface area contributed by atoms with Crippen LogP contribution in [0.15, 0.2) is 53.6 Å². The fourth-order valence-corrected chi connectivity index (χ4v) is 3.43. The number of pyridine rings is 1. The lowest BCUT2D eigenvalue weighted by Gasteiger charge is -2.15. The summed E-state index contributed by atoms with van der Waals surface area (Å²) in [5, 5.41) is 28.6. The molecule has 0 saturated heterocycles. The molecule has 184 valence electrons. The van der Waals surface area contributed by atoms with Crippen LogP contribution >= 0.6 is 11.6 Å². The highest BCUT2D eigenvalue weighted by Crippen LogP contribution is 2.24. The number of aliphatic hydroxyl groups is 2. The molecule has 2 unspecified atom stereocenters. The maximum atomic E-state index is 13.0. The first-order chi connectivity index (χ1) is 16.5. The number of hydrogen-bond donors (Lipinski definition) is 2. The van der Waals surface area contributed by atoms with Gasteiger partial charge in [-0.25, -0.2) is 19.1 Å². The molecule has 0 radical (unpaired) electrons. The van der Waals surface area contributed by atoms with E-state index in [0.717, 1.165) is 9.25 Å². The Hall–Kier alpha value is -3.55. The topological polar surface area (TPSA) is 124 Å². The molecule has 0 bridgehead atoms. The van der Waals surface area contributed by atoms with E-state index in [-0.39, 0.29) is 24.0 Å². The Kier molecular flexibility index (Phi) is 6.74. The van der Waals surface area contributed by atoms with Crippen molar-refractivity contribution < 1.29 is 23.4 Å². The van der Waals surface area contributed by atoms with Gasteiger partial charge in [0.25, 0.3) is 0 Å². The molecule has 0 spiro atoms. The number of hydrogen-bond acceptors (Lipinski definition) is 7. The van der Waals surface area contributed by atoms with Gasteiger partial charge in [-0.2, -0.15) is 13.2 Å². The summed E-state index contributed by atoms with van der Waals surface area (Å²) in [5.41, 5.74) is -0.0807. The second-order valence-electron chi connectivity index (χ2n) is 7.62. The van der Waals surface area contributed by atoms with Gasteiger partial charge < -0.3 is 10.2 Å². The van der Waals surface area contributed by atoms with E-state index in [2.05, 4.69) is 20.2 Å². The highest BCUT2D eigenvalue weighted by Gasteiger charge is 2.39. The van der Waals surface area contributed by atoms with Gasteiger partial charge in [0, 0.05) is 16.8 Å². The van der Waals surface area contributed by atoms with Crippen LogP contribution in [0.2, 0.25) is 5.02 Å². The highest BCUT2D eigenvalue weighted by molar-refractivity contribution is 6.30. The molecule has 0 aliphatic rings. The van der Waals surface area contributed by atoms with E-state index in [0.29, 0.717) is 16.3 Å². The predicted molar refractivity (Wildman–Crippen MR) is 118 cm³/mol. The van der Waals surface area contributed by atoms with Crippen LogP contribution in [-0.2, 0) is 13.1 Å². The number of nitrogens with zero attached hydrogens (tertiary/aromatic N) is 7. The van der Waals surface area contributed by atoms with E-state index in [9.17, 15) is 28.2 Å². The van der Waals surface area contributed by atoms with Crippen LogP contribution in [0.25, 0.3) is 17.1 Å². The molecule has 3 aromatic heterocycles. The molecule has 1 aromatic carbocycles. The fraction of sp³-hybridized carbons (Fsp3) is 0.286. The Labute approximate surface area is 200 Å². The second-order valence-corrected chi connectivity index (χ2v) is 8.06. The van der Waals surface area contributed by atoms with Gasteiger partial charge in [-0.05, 0) is 43.3 Å². The average Bonchev–Trinajstić information content (AvgIpc) is 3.37. The lowest BCUT2D eigenvalue weighted by molar-refractivity contribution is -0.207. The van der Waals surface area contributed by atoms with Crippen molar-refractivity contribution in [2.75, 3.05) is 0 Å². The number of halogens is 4. The van der Waals surface area contributed by atoms with E-state index in [1.165, 1.54) is 42.1 Å². The molecule has 4 aromatic rings. The Balaban J connectivity index is 1.76. The molecule has 10 nitrogen and oxygen atoms in total. The fourth-order valence-electron chi connectivity index (χ4n) is 3.31. The number of aromatic nitrogens is 7. The van der Waals surface area contributed by atoms with E-state index in [1.807, 2.05) is 0 Å². The van der Waals surface area contributed by atoms with Gasteiger partial charge in [0.05, 0.1) is 18.4 Å². The summed E-state index contributed by atoms with van der Waals surface area (Å²) in [4.78, 5) is 21.3. The van der Waals surface area contributed by atoms with Crippen molar-refractivity contribution in [1.29, 1.82) is 0 Å². The molecule has 2 atom stereocenters. The summed E-state index contributed by atoms with van der Waals surface area (Å²) in [5.74, 6) is 0.152. The molecular formula is C21H19ClF3N7O3. The summed E-state index contributed by atoms with van der Waals surface area (Å²) in [7, 11) is 0. The zero-order valence-corrected chi connectivity index (χ0v) is 18.9. The van der Waals surface area contributed by atoms with E-state index < -0.39 is 30.6 Å². The molecule has 0 fully saturated rings. The molecule has 0 aliphatic heterocycles. The average molecular weight is 510 g/mol. The predicted octanol–water partition coefficient (Wildman–Crippen LogP) is 2.37. The quantitative estimate of drug-likeness (QED) is 0.392. The summed E-state index contributed by atoms with van der Waals surface area (Å²) in [6, 6.07) is 9.33. The van der Waals surface area contributed by atoms with Gasteiger partial charge in [-0.15, -0.1) is 10.2 Å². The number of alkyl halides is 3. The molecule has 14 heteroatoms. The minimum Gasteiger partial charge on any atom is -0.385 e. The first kappa shape index (κ1) is 24.6. The Morgan fingerprint density at radius 1 is 1.11 bits per heavy atom. The van der Waals surface area contributed by atoms with Crippen LogP contribution < -0.4 is 5.69 Å². The van der Waals surface area contributed by atoms with Crippen molar-refractivity contribution >= 4 is 11.6 Å². The number of benzene rings is 1. The lowest BCUT2D eigenvalue weighted by atomic mass is 10.2. The molecule has 0 amide bonds. The van der Waals surface area contributed by atoms with Crippen molar-refractivity contribution in [3.63, 3.8) is 0 Å².